The molecule has 0 amide bonds. The van der Waals surface area contributed by atoms with E-state index < -0.39 is 0 Å². The molecule has 0 atom stereocenters. The van der Waals surface area contributed by atoms with E-state index in [1.165, 1.54) is 18.4 Å². The summed E-state index contributed by atoms with van der Waals surface area (Å²) in [4.78, 5) is 0. The maximum absolute atomic E-state index is 6.14. The summed E-state index contributed by atoms with van der Waals surface area (Å²) in [6.07, 6.45) is 2.56. The molecule has 144 valence electrons. The minimum absolute atomic E-state index is 0. The van der Waals surface area contributed by atoms with Crippen LogP contribution in [0, 0.1) is 5.92 Å². The predicted molar refractivity (Wildman–Crippen MR) is 114 cm³/mol. The third kappa shape index (κ3) is 7.34. The first kappa shape index (κ1) is 23.1. The Hall–Kier alpha value is -0.970. The van der Waals surface area contributed by atoms with Crippen LogP contribution in [0.4, 0.5) is 0 Å². The van der Waals surface area contributed by atoms with Crippen molar-refractivity contribution in [3.05, 3.63) is 64.7 Å². The third-order valence-corrected chi connectivity index (χ3v) is 4.87. The molecule has 0 unspecified atom stereocenters. The molecule has 3 nitrogen and oxygen atoms in total. The SMILES string of the molecule is Cl.Cl.Clc1ccccc1COc1ccc(CNCC2CCNCC2)cc1. The van der Waals surface area contributed by atoms with E-state index in [1.807, 2.05) is 36.4 Å². The van der Waals surface area contributed by atoms with Gasteiger partial charge in [0.1, 0.15) is 12.4 Å². The first-order valence-corrected chi connectivity index (χ1v) is 9.05. The topological polar surface area (TPSA) is 33.3 Å². The Morgan fingerprint density at radius 1 is 1.00 bits per heavy atom. The number of hydrogen-bond acceptors (Lipinski definition) is 3. The molecule has 1 aliphatic heterocycles. The molecule has 2 N–H and O–H groups in total. The summed E-state index contributed by atoms with van der Waals surface area (Å²) in [5.41, 5.74) is 2.29. The van der Waals surface area contributed by atoms with Gasteiger partial charge in [-0.2, -0.15) is 0 Å². The van der Waals surface area contributed by atoms with Crippen LogP contribution in [0.1, 0.15) is 24.0 Å². The summed E-state index contributed by atoms with van der Waals surface area (Å²) in [6.45, 7) is 4.82. The van der Waals surface area contributed by atoms with Gasteiger partial charge in [0.25, 0.3) is 0 Å². The highest BCUT2D eigenvalue weighted by Crippen LogP contribution is 2.19. The lowest BCUT2D eigenvalue weighted by Gasteiger charge is -2.22. The maximum atomic E-state index is 6.14. The molecule has 6 heteroatoms. The molecule has 1 aliphatic rings. The van der Waals surface area contributed by atoms with Crippen molar-refractivity contribution in [2.75, 3.05) is 19.6 Å². The van der Waals surface area contributed by atoms with Crippen molar-refractivity contribution in [1.82, 2.24) is 10.6 Å². The zero-order valence-electron chi connectivity index (χ0n) is 14.7. The smallest absolute Gasteiger partial charge is 0.119 e. The highest BCUT2D eigenvalue weighted by Gasteiger charge is 2.11. The second kappa shape index (κ2) is 12.4. The molecule has 2 aromatic carbocycles. The molecule has 0 aromatic heterocycles. The van der Waals surface area contributed by atoms with Crippen LogP contribution in [0.3, 0.4) is 0 Å². The highest BCUT2D eigenvalue weighted by atomic mass is 35.5. The van der Waals surface area contributed by atoms with Gasteiger partial charge in [0, 0.05) is 17.1 Å². The second-order valence-electron chi connectivity index (χ2n) is 6.35. The molecule has 1 heterocycles. The summed E-state index contributed by atoms with van der Waals surface area (Å²) < 4.78 is 5.82. The lowest BCUT2D eigenvalue weighted by molar-refractivity contribution is 0.306. The number of piperidine rings is 1. The number of halogens is 3. The molecule has 26 heavy (non-hydrogen) atoms. The molecular formula is C20H27Cl3N2O. The fourth-order valence-corrected chi connectivity index (χ4v) is 3.18. The van der Waals surface area contributed by atoms with Crippen molar-refractivity contribution in [1.29, 1.82) is 0 Å². The van der Waals surface area contributed by atoms with Gasteiger partial charge in [-0.25, -0.2) is 0 Å². The Morgan fingerprint density at radius 2 is 1.69 bits per heavy atom. The van der Waals surface area contributed by atoms with E-state index in [2.05, 4.69) is 22.8 Å². The zero-order valence-corrected chi connectivity index (χ0v) is 17.1. The summed E-state index contributed by atoms with van der Waals surface area (Å²) in [5, 5.41) is 7.72. The van der Waals surface area contributed by atoms with Gasteiger partial charge in [0.15, 0.2) is 0 Å². The van der Waals surface area contributed by atoms with Crippen molar-refractivity contribution < 1.29 is 4.74 Å². The summed E-state index contributed by atoms with van der Waals surface area (Å²) in [7, 11) is 0. The largest absolute Gasteiger partial charge is 0.489 e. The molecule has 2 aromatic rings. The van der Waals surface area contributed by atoms with Gasteiger partial charge in [-0.15, -0.1) is 24.8 Å². The van der Waals surface area contributed by atoms with E-state index in [0.717, 1.165) is 48.4 Å². The van der Waals surface area contributed by atoms with Crippen molar-refractivity contribution in [3.63, 3.8) is 0 Å². The molecule has 0 bridgehead atoms. The third-order valence-electron chi connectivity index (χ3n) is 4.50. The first-order valence-electron chi connectivity index (χ1n) is 8.68. The second-order valence-corrected chi connectivity index (χ2v) is 6.76. The minimum Gasteiger partial charge on any atom is -0.489 e. The van der Waals surface area contributed by atoms with E-state index >= 15 is 0 Å². The molecule has 3 rings (SSSR count). The minimum atomic E-state index is 0. The fourth-order valence-electron chi connectivity index (χ4n) is 2.99. The predicted octanol–water partition coefficient (Wildman–Crippen LogP) is 4.85. The van der Waals surface area contributed by atoms with Gasteiger partial charge >= 0.3 is 0 Å². The van der Waals surface area contributed by atoms with Gasteiger partial charge in [0.05, 0.1) is 0 Å². The Kier molecular flexibility index (Phi) is 11.0. The van der Waals surface area contributed by atoms with E-state index in [-0.39, 0.29) is 24.8 Å². The first-order chi connectivity index (χ1) is 11.8. The Bertz CT molecular complexity index is 631. The van der Waals surface area contributed by atoms with Crippen LogP contribution in [0.5, 0.6) is 5.75 Å². The average Bonchev–Trinajstić information content (AvgIpc) is 2.63. The summed E-state index contributed by atoms with van der Waals surface area (Å²) in [6, 6.07) is 16.1. The van der Waals surface area contributed by atoms with Crippen LogP contribution in [0.25, 0.3) is 0 Å². The monoisotopic (exact) mass is 416 g/mol. The van der Waals surface area contributed by atoms with Crippen molar-refractivity contribution in [2.45, 2.75) is 26.0 Å². The summed E-state index contributed by atoms with van der Waals surface area (Å²) in [5.74, 6) is 1.68. The van der Waals surface area contributed by atoms with E-state index in [9.17, 15) is 0 Å². The Balaban J connectivity index is 0.00000169. The van der Waals surface area contributed by atoms with E-state index in [1.54, 1.807) is 0 Å². The summed E-state index contributed by atoms with van der Waals surface area (Å²) >= 11 is 6.14. The Labute approximate surface area is 173 Å². The van der Waals surface area contributed by atoms with Gasteiger partial charge in [-0.05, 0) is 62.2 Å². The zero-order chi connectivity index (χ0) is 16.6. The van der Waals surface area contributed by atoms with Crippen LogP contribution in [0.15, 0.2) is 48.5 Å². The van der Waals surface area contributed by atoms with Gasteiger partial charge < -0.3 is 15.4 Å². The normalized spacial score (nSPS) is 14.2. The Morgan fingerprint density at radius 3 is 2.38 bits per heavy atom. The number of rotatable bonds is 7. The maximum Gasteiger partial charge on any atom is 0.119 e. The van der Waals surface area contributed by atoms with Crippen molar-refractivity contribution in [3.8, 4) is 5.75 Å². The van der Waals surface area contributed by atoms with Crippen LogP contribution in [-0.4, -0.2) is 19.6 Å². The molecular weight excluding hydrogens is 391 g/mol. The lowest BCUT2D eigenvalue weighted by atomic mass is 9.98. The van der Waals surface area contributed by atoms with Crippen molar-refractivity contribution >= 4 is 36.4 Å². The molecule has 0 radical (unpaired) electrons. The average molecular weight is 418 g/mol. The number of ether oxygens (including phenoxy) is 1. The van der Waals surface area contributed by atoms with Gasteiger partial charge in [-0.1, -0.05) is 41.9 Å². The van der Waals surface area contributed by atoms with Crippen LogP contribution >= 0.6 is 36.4 Å². The van der Waals surface area contributed by atoms with Crippen molar-refractivity contribution in [2.24, 2.45) is 5.92 Å². The van der Waals surface area contributed by atoms with Gasteiger partial charge in [0.2, 0.25) is 0 Å². The molecule has 1 fully saturated rings. The van der Waals surface area contributed by atoms with E-state index in [4.69, 9.17) is 16.3 Å². The van der Waals surface area contributed by atoms with E-state index in [0.29, 0.717) is 6.61 Å². The number of benzene rings is 2. The highest BCUT2D eigenvalue weighted by molar-refractivity contribution is 6.31. The van der Waals surface area contributed by atoms with Crippen LogP contribution < -0.4 is 15.4 Å². The number of hydrogen-bond donors (Lipinski definition) is 2. The molecule has 0 spiro atoms. The quantitative estimate of drug-likeness (QED) is 0.675. The van der Waals surface area contributed by atoms with Crippen LogP contribution in [-0.2, 0) is 13.2 Å². The molecule has 0 saturated carbocycles. The fraction of sp³-hybridized carbons (Fsp3) is 0.400. The molecule has 1 saturated heterocycles. The molecule has 0 aliphatic carbocycles. The van der Waals surface area contributed by atoms with Gasteiger partial charge in [-0.3, -0.25) is 0 Å². The standard InChI is InChI=1S/C20H25ClN2O.2ClH/c21-20-4-2-1-3-18(20)15-24-19-7-5-16(6-8-19)13-23-14-17-9-11-22-12-10-17;;/h1-8,17,22-23H,9-15H2;2*1H. The lowest BCUT2D eigenvalue weighted by Crippen LogP contribution is -2.33. The number of nitrogens with one attached hydrogen (secondary N) is 2. The van der Waals surface area contributed by atoms with Crippen LogP contribution in [0.2, 0.25) is 5.02 Å².